The number of halogens is 3. The number of hydrogen-bond donors (Lipinski definition) is 1. The van der Waals surface area contributed by atoms with Crippen LogP contribution in [0.2, 0.25) is 0 Å². The number of nitro benzene ring substituents is 1. The van der Waals surface area contributed by atoms with E-state index in [2.05, 4.69) is 9.47 Å². The van der Waals surface area contributed by atoms with E-state index >= 15 is 0 Å². The number of esters is 2. The average molecular weight is 350 g/mol. The third-order valence-corrected chi connectivity index (χ3v) is 2.94. The minimum absolute atomic E-state index is 0.185. The lowest BCUT2D eigenvalue weighted by molar-refractivity contribution is -0.384. The SMILES string of the molecule is COC(=O)c1ccc(NC(C(=O)OC)C(F)C(F)F)c([N+](=O)[O-])c1. The Labute approximate surface area is 133 Å². The lowest BCUT2D eigenvalue weighted by Gasteiger charge is -2.20. The van der Waals surface area contributed by atoms with Gasteiger partial charge >= 0.3 is 11.9 Å². The van der Waals surface area contributed by atoms with Gasteiger partial charge in [-0.1, -0.05) is 0 Å². The maximum atomic E-state index is 13.6. The third-order valence-electron chi connectivity index (χ3n) is 2.94. The van der Waals surface area contributed by atoms with Crippen LogP contribution in [0.5, 0.6) is 0 Å². The topological polar surface area (TPSA) is 108 Å². The summed E-state index contributed by atoms with van der Waals surface area (Å²) in [5, 5.41) is 13.1. The van der Waals surface area contributed by atoms with E-state index in [1.807, 2.05) is 5.32 Å². The average Bonchev–Trinajstić information content (AvgIpc) is 2.57. The minimum atomic E-state index is -3.52. The molecule has 0 fully saturated rings. The van der Waals surface area contributed by atoms with Crippen LogP contribution >= 0.6 is 0 Å². The van der Waals surface area contributed by atoms with Crippen molar-refractivity contribution in [1.29, 1.82) is 0 Å². The fraction of sp³-hybridized carbons (Fsp3) is 0.385. The van der Waals surface area contributed by atoms with Crippen molar-refractivity contribution in [3.8, 4) is 0 Å². The van der Waals surface area contributed by atoms with Gasteiger partial charge in [-0.2, -0.15) is 0 Å². The summed E-state index contributed by atoms with van der Waals surface area (Å²) in [5.74, 6) is -2.24. The van der Waals surface area contributed by atoms with Crippen LogP contribution < -0.4 is 5.32 Å². The molecule has 2 unspecified atom stereocenters. The first-order valence-electron chi connectivity index (χ1n) is 6.36. The van der Waals surface area contributed by atoms with Crippen molar-refractivity contribution in [2.45, 2.75) is 18.6 Å². The first-order chi connectivity index (χ1) is 11.2. The zero-order valence-electron chi connectivity index (χ0n) is 12.5. The number of anilines is 1. The third kappa shape index (κ3) is 4.33. The molecule has 0 heterocycles. The second-order valence-corrected chi connectivity index (χ2v) is 4.40. The number of alkyl halides is 3. The van der Waals surface area contributed by atoms with Crippen LogP contribution in [0.25, 0.3) is 0 Å². The molecule has 24 heavy (non-hydrogen) atoms. The van der Waals surface area contributed by atoms with Crippen molar-refractivity contribution in [1.82, 2.24) is 0 Å². The second-order valence-electron chi connectivity index (χ2n) is 4.40. The fourth-order valence-corrected chi connectivity index (χ4v) is 1.76. The number of nitrogens with one attached hydrogen (secondary N) is 1. The highest BCUT2D eigenvalue weighted by Gasteiger charge is 2.37. The zero-order chi connectivity index (χ0) is 18.4. The number of nitrogens with zero attached hydrogens (tertiary/aromatic N) is 1. The first kappa shape index (κ1) is 19.2. The Bertz CT molecular complexity index is 640. The number of methoxy groups -OCH3 is 2. The molecule has 0 spiro atoms. The Morgan fingerprint density at radius 1 is 1.21 bits per heavy atom. The maximum absolute atomic E-state index is 13.6. The number of hydrogen-bond acceptors (Lipinski definition) is 7. The summed E-state index contributed by atoms with van der Waals surface area (Å²) in [5.41, 5.74) is -1.35. The monoisotopic (exact) mass is 350 g/mol. The number of nitro groups is 1. The van der Waals surface area contributed by atoms with E-state index < -0.39 is 46.9 Å². The predicted octanol–water partition coefficient (Wildman–Crippen LogP) is 1.94. The van der Waals surface area contributed by atoms with Crippen molar-refractivity contribution in [3.63, 3.8) is 0 Å². The molecule has 1 aromatic carbocycles. The number of rotatable bonds is 7. The Hall–Kier alpha value is -2.85. The van der Waals surface area contributed by atoms with Gasteiger partial charge in [0.1, 0.15) is 5.69 Å². The lowest BCUT2D eigenvalue weighted by Crippen LogP contribution is -2.43. The minimum Gasteiger partial charge on any atom is -0.467 e. The van der Waals surface area contributed by atoms with E-state index in [9.17, 15) is 32.9 Å². The van der Waals surface area contributed by atoms with Crippen LogP contribution in [0.4, 0.5) is 24.5 Å². The van der Waals surface area contributed by atoms with Crippen molar-refractivity contribution in [2.24, 2.45) is 0 Å². The molecule has 0 amide bonds. The van der Waals surface area contributed by atoms with Gasteiger partial charge in [-0.3, -0.25) is 10.1 Å². The summed E-state index contributed by atoms with van der Waals surface area (Å²) in [7, 11) is 1.91. The molecule has 0 saturated heterocycles. The first-order valence-corrected chi connectivity index (χ1v) is 6.36. The molecule has 2 atom stereocenters. The maximum Gasteiger partial charge on any atom is 0.338 e. The molecular formula is C13H13F3N2O6. The largest absolute Gasteiger partial charge is 0.467 e. The smallest absolute Gasteiger partial charge is 0.338 e. The van der Waals surface area contributed by atoms with E-state index in [1.54, 1.807) is 0 Å². The Balaban J connectivity index is 3.25. The molecule has 1 rings (SSSR count). The predicted molar refractivity (Wildman–Crippen MR) is 74.8 cm³/mol. The number of benzene rings is 1. The Morgan fingerprint density at radius 3 is 2.29 bits per heavy atom. The number of carbonyl (C=O) groups excluding carboxylic acids is 2. The van der Waals surface area contributed by atoms with Gasteiger partial charge < -0.3 is 14.8 Å². The summed E-state index contributed by atoms with van der Waals surface area (Å²) in [4.78, 5) is 33.0. The molecule has 132 valence electrons. The summed E-state index contributed by atoms with van der Waals surface area (Å²) >= 11 is 0. The van der Waals surface area contributed by atoms with Crippen LogP contribution in [0.3, 0.4) is 0 Å². The summed E-state index contributed by atoms with van der Waals surface area (Å²) in [6.45, 7) is 0. The molecule has 0 radical (unpaired) electrons. The van der Waals surface area contributed by atoms with Crippen LogP contribution in [-0.2, 0) is 14.3 Å². The van der Waals surface area contributed by atoms with Crippen molar-refractivity contribution < 1.29 is 37.2 Å². The highest BCUT2D eigenvalue weighted by molar-refractivity contribution is 5.91. The molecule has 0 aliphatic heterocycles. The Kier molecular flexibility index (Phi) is 6.50. The molecule has 0 aliphatic carbocycles. The Morgan fingerprint density at radius 2 is 1.83 bits per heavy atom. The van der Waals surface area contributed by atoms with Gasteiger partial charge in [0.05, 0.1) is 24.7 Å². The van der Waals surface area contributed by atoms with E-state index in [-0.39, 0.29) is 5.56 Å². The molecule has 0 aromatic heterocycles. The summed E-state index contributed by atoms with van der Waals surface area (Å²) < 4.78 is 47.2. The van der Waals surface area contributed by atoms with E-state index in [0.717, 1.165) is 32.4 Å². The van der Waals surface area contributed by atoms with Gasteiger partial charge in [0.25, 0.3) is 12.1 Å². The molecule has 1 aromatic rings. The second kappa shape index (κ2) is 8.13. The van der Waals surface area contributed by atoms with Crippen molar-refractivity contribution in [3.05, 3.63) is 33.9 Å². The van der Waals surface area contributed by atoms with E-state index in [4.69, 9.17) is 0 Å². The molecule has 8 nitrogen and oxygen atoms in total. The molecule has 1 N–H and O–H groups in total. The van der Waals surface area contributed by atoms with E-state index in [0.29, 0.717) is 0 Å². The number of carbonyl (C=O) groups is 2. The van der Waals surface area contributed by atoms with Crippen LogP contribution in [0.15, 0.2) is 18.2 Å². The summed E-state index contributed by atoms with van der Waals surface area (Å²) in [6, 6.07) is 0.694. The zero-order valence-corrected chi connectivity index (χ0v) is 12.5. The van der Waals surface area contributed by atoms with Crippen LogP contribution in [-0.4, -0.2) is 49.7 Å². The van der Waals surface area contributed by atoms with Gasteiger partial charge in [0.2, 0.25) is 0 Å². The van der Waals surface area contributed by atoms with Crippen LogP contribution in [0, 0.1) is 10.1 Å². The highest BCUT2D eigenvalue weighted by Crippen LogP contribution is 2.28. The molecule has 0 aliphatic rings. The number of ether oxygens (including phenoxy) is 2. The molecule has 11 heteroatoms. The molecule has 0 bridgehead atoms. The van der Waals surface area contributed by atoms with Crippen LogP contribution in [0.1, 0.15) is 10.4 Å². The molecule has 0 saturated carbocycles. The van der Waals surface area contributed by atoms with Gasteiger partial charge in [-0.25, -0.2) is 22.8 Å². The standard InChI is InChI=1S/C13H13F3N2O6/c1-23-12(19)6-3-4-7(8(5-6)18(21)22)17-10(13(20)24-2)9(14)11(15)16/h3-5,9-11,17H,1-2H3. The fourth-order valence-electron chi connectivity index (χ4n) is 1.76. The quantitative estimate of drug-likeness (QED) is 0.455. The summed E-state index contributed by atoms with van der Waals surface area (Å²) in [6.07, 6.45) is -6.48. The van der Waals surface area contributed by atoms with Gasteiger partial charge in [-0.15, -0.1) is 0 Å². The van der Waals surface area contributed by atoms with Gasteiger partial charge in [0, 0.05) is 6.07 Å². The highest BCUT2D eigenvalue weighted by atomic mass is 19.3. The van der Waals surface area contributed by atoms with Crippen molar-refractivity contribution >= 4 is 23.3 Å². The van der Waals surface area contributed by atoms with E-state index in [1.165, 1.54) is 0 Å². The van der Waals surface area contributed by atoms with Crippen molar-refractivity contribution in [2.75, 3.05) is 19.5 Å². The van der Waals surface area contributed by atoms with Gasteiger partial charge in [-0.05, 0) is 12.1 Å². The van der Waals surface area contributed by atoms with Gasteiger partial charge in [0.15, 0.2) is 12.2 Å². The molecular weight excluding hydrogens is 337 g/mol. The lowest BCUT2D eigenvalue weighted by atomic mass is 10.1. The normalized spacial score (nSPS) is 13.1.